The summed E-state index contributed by atoms with van der Waals surface area (Å²) in [5.41, 5.74) is 6.21. The van der Waals surface area contributed by atoms with Crippen molar-refractivity contribution >= 4 is 12.0 Å². The normalized spacial score (nSPS) is 15.8. The molecule has 0 heterocycles. The van der Waals surface area contributed by atoms with E-state index in [0.29, 0.717) is 6.42 Å². The van der Waals surface area contributed by atoms with Crippen LogP contribution in [0.15, 0.2) is 23.8 Å². The summed E-state index contributed by atoms with van der Waals surface area (Å²) in [4.78, 5) is 22.8. The highest BCUT2D eigenvalue weighted by Crippen LogP contribution is 2.10. The van der Waals surface area contributed by atoms with Crippen molar-refractivity contribution < 1.29 is 14.3 Å². The number of hydrogen-bond acceptors (Lipinski definition) is 3. The topological polar surface area (TPSA) is 81.4 Å². The van der Waals surface area contributed by atoms with Crippen LogP contribution in [0.4, 0.5) is 4.79 Å². The van der Waals surface area contributed by atoms with E-state index in [4.69, 9.17) is 10.5 Å². The van der Waals surface area contributed by atoms with Gasteiger partial charge in [0.05, 0.1) is 0 Å². The van der Waals surface area contributed by atoms with Crippen LogP contribution >= 0.6 is 0 Å². The van der Waals surface area contributed by atoms with Gasteiger partial charge in [0.1, 0.15) is 12.6 Å². The van der Waals surface area contributed by atoms with Crippen molar-refractivity contribution in [3.8, 4) is 0 Å². The molecule has 1 atom stereocenters. The maximum absolute atomic E-state index is 11.6. The lowest BCUT2D eigenvalue weighted by atomic mass is 10.0. The molecule has 0 unspecified atom stereocenters. The summed E-state index contributed by atoms with van der Waals surface area (Å²) in [7, 11) is 0. The Morgan fingerprint density at radius 1 is 1.42 bits per heavy atom. The Morgan fingerprint density at radius 3 is 2.68 bits per heavy atom. The van der Waals surface area contributed by atoms with Crippen LogP contribution in [0.1, 0.15) is 33.1 Å². The van der Waals surface area contributed by atoms with Gasteiger partial charge in [0.25, 0.3) is 0 Å². The molecule has 0 aromatic heterocycles. The molecule has 0 radical (unpaired) electrons. The Labute approximate surface area is 113 Å². The lowest BCUT2D eigenvalue weighted by Crippen LogP contribution is -2.45. The van der Waals surface area contributed by atoms with E-state index in [1.165, 1.54) is 0 Å². The largest absolute Gasteiger partial charge is 0.445 e. The number of allylic oxidation sites excluding steroid dienone is 2. The van der Waals surface area contributed by atoms with Gasteiger partial charge in [0, 0.05) is 0 Å². The fraction of sp³-hybridized carbons (Fsp3) is 0.571. The lowest BCUT2D eigenvalue weighted by Gasteiger charge is -2.17. The molecule has 0 spiro atoms. The van der Waals surface area contributed by atoms with Crippen LogP contribution in [0.5, 0.6) is 0 Å². The second-order valence-electron chi connectivity index (χ2n) is 5.06. The van der Waals surface area contributed by atoms with Gasteiger partial charge in [-0.25, -0.2) is 4.79 Å². The molecule has 19 heavy (non-hydrogen) atoms. The molecule has 106 valence electrons. The van der Waals surface area contributed by atoms with Crippen molar-refractivity contribution in [2.24, 2.45) is 11.7 Å². The molecule has 0 saturated carbocycles. The van der Waals surface area contributed by atoms with Gasteiger partial charge in [-0.15, -0.1) is 0 Å². The zero-order valence-electron chi connectivity index (χ0n) is 11.5. The van der Waals surface area contributed by atoms with Crippen LogP contribution < -0.4 is 11.1 Å². The fourth-order valence-corrected chi connectivity index (χ4v) is 1.83. The smallest absolute Gasteiger partial charge is 0.408 e. The number of amides is 2. The molecule has 0 fully saturated rings. The molecule has 1 rings (SSSR count). The molecule has 2 amide bonds. The van der Waals surface area contributed by atoms with Crippen LogP contribution in [0.2, 0.25) is 0 Å². The zero-order chi connectivity index (χ0) is 14.3. The number of hydrogen-bond donors (Lipinski definition) is 2. The Balaban J connectivity index is 2.37. The highest BCUT2D eigenvalue weighted by Gasteiger charge is 2.20. The van der Waals surface area contributed by atoms with Gasteiger partial charge in [0.2, 0.25) is 5.91 Å². The van der Waals surface area contributed by atoms with E-state index in [1.54, 1.807) is 0 Å². The lowest BCUT2D eigenvalue weighted by molar-refractivity contribution is -0.120. The molecule has 1 aliphatic carbocycles. The van der Waals surface area contributed by atoms with Crippen LogP contribution in [0.3, 0.4) is 0 Å². The molecule has 5 heteroatoms. The van der Waals surface area contributed by atoms with E-state index in [1.807, 2.05) is 32.1 Å². The van der Waals surface area contributed by atoms with Crippen LogP contribution in [0, 0.1) is 5.92 Å². The molecular formula is C14H22N2O3. The van der Waals surface area contributed by atoms with Crippen molar-refractivity contribution in [3.63, 3.8) is 0 Å². The van der Waals surface area contributed by atoms with Gasteiger partial charge in [0.15, 0.2) is 0 Å². The third-order valence-electron chi connectivity index (χ3n) is 2.78. The monoisotopic (exact) mass is 266 g/mol. The Bertz CT molecular complexity index is 386. The van der Waals surface area contributed by atoms with E-state index in [0.717, 1.165) is 18.4 Å². The maximum Gasteiger partial charge on any atom is 0.408 e. The number of carbonyl (C=O) groups excluding carboxylic acids is 2. The zero-order valence-corrected chi connectivity index (χ0v) is 11.5. The minimum absolute atomic E-state index is 0.218. The Morgan fingerprint density at radius 2 is 2.16 bits per heavy atom. The summed E-state index contributed by atoms with van der Waals surface area (Å²) < 4.78 is 5.07. The Kier molecular flexibility index (Phi) is 6.12. The van der Waals surface area contributed by atoms with Crippen molar-refractivity contribution in [1.29, 1.82) is 0 Å². The summed E-state index contributed by atoms with van der Waals surface area (Å²) >= 11 is 0. The van der Waals surface area contributed by atoms with Gasteiger partial charge < -0.3 is 15.8 Å². The predicted octanol–water partition coefficient (Wildman–Crippen LogP) is 1.89. The summed E-state index contributed by atoms with van der Waals surface area (Å²) in [5, 5.41) is 2.50. The van der Waals surface area contributed by atoms with Crippen molar-refractivity contribution in [3.05, 3.63) is 23.8 Å². The van der Waals surface area contributed by atoms with Gasteiger partial charge in [-0.1, -0.05) is 32.1 Å². The number of primary amides is 1. The minimum atomic E-state index is -0.677. The number of rotatable bonds is 6. The molecule has 3 N–H and O–H groups in total. The van der Waals surface area contributed by atoms with Gasteiger partial charge in [-0.2, -0.15) is 0 Å². The van der Waals surface area contributed by atoms with E-state index in [2.05, 4.69) is 5.32 Å². The first-order valence-corrected chi connectivity index (χ1v) is 6.57. The second kappa shape index (κ2) is 7.61. The molecule has 0 saturated heterocycles. The molecule has 5 nitrogen and oxygen atoms in total. The van der Waals surface area contributed by atoms with E-state index in [9.17, 15) is 9.59 Å². The van der Waals surface area contributed by atoms with E-state index in [-0.39, 0.29) is 12.5 Å². The third kappa shape index (κ3) is 6.08. The third-order valence-corrected chi connectivity index (χ3v) is 2.78. The molecule has 0 aromatic rings. The van der Waals surface area contributed by atoms with Crippen molar-refractivity contribution in [2.45, 2.75) is 39.2 Å². The molecule has 1 aliphatic rings. The van der Waals surface area contributed by atoms with Crippen LogP contribution in [0.25, 0.3) is 0 Å². The highest BCUT2D eigenvalue weighted by atomic mass is 16.5. The van der Waals surface area contributed by atoms with Gasteiger partial charge in [-0.05, 0) is 30.8 Å². The predicted molar refractivity (Wildman–Crippen MR) is 73.4 cm³/mol. The van der Waals surface area contributed by atoms with Crippen LogP contribution in [-0.4, -0.2) is 24.6 Å². The summed E-state index contributed by atoms with van der Waals surface area (Å²) in [6.07, 6.45) is 7.91. The minimum Gasteiger partial charge on any atom is -0.445 e. The SMILES string of the molecule is CC(C)C[C@H](NC(=O)OCC1=CCCC=C1)C(N)=O. The summed E-state index contributed by atoms with van der Waals surface area (Å²) in [6.45, 7) is 4.14. The standard InChI is InChI=1S/C14H22N2O3/c1-10(2)8-12(13(15)17)16-14(18)19-9-11-6-4-3-5-7-11/h4,6-7,10,12H,3,5,8-9H2,1-2H3,(H2,15,17)(H,16,18)/t12-/m0/s1. The quantitative estimate of drug-likeness (QED) is 0.770. The van der Waals surface area contributed by atoms with E-state index >= 15 is 0 Å². The number of carbonyl (C=O) groups is 2. The first kappa shape index (κ1) is 15.3. The van der Waals surface area contributed by atoms with E-state index < -0.39 is 18.0 Å². The number of nitrogens with two attached hydrogens (primary N) is 1. The number of ether oxygens (including phenoxy) is 1. The average molecular weight is 266 g/mol. The molecule has 0 bridgehead atoms. The number of alkyl carbamates (subject to hydrolysis) is 1. The number of nitrogens with one attached hydrogen (secondary N) is 1. The molecule has 0 aliphatic heterocycles. The summed E-state index contributed by atoms with van der Waals surface area (Å²) in [6, 6.07) is -0.677. The summed E-state index contributed by atoms with van der Waals surface area (Å²) in [5.74, 6) is -0.274. The van der Waals surface area contributed by atoms with Gasteiger partial charge >= 0.3 is 6.09 Å². The molecule has 0 aromatic carbocycles. The highest BCUT2D eigenvalue weighted by molar-refractivity contribution is 5.84. The Hall–Kier alpha value is -1.78. The first-order valence-electron chi connectivity index (χ1n) is 6.57. The van der Waals surface area contributed by atoms with Crippen molar-refractivity contribution in [1.82, 2.24) is 5.32 Å². The van der Waals surface area contributed by atoms with Crippen LogP contribution in [-0.2, 0) is 9.53 Å². The first-order chi connectivity index (χ1) is 8.99. The fourth-order valence-electron chi connectivity index (χ4n) is 1.83. The van der Waals surface area contributed by atoms with Crippen molar-refractivity contribution in [2.75, 3.05) is 6.61 Å². The van der Waals surface area contributed by atoms with Gasteiger partial charge in [-0.3, -0.25) is 4.79 Å². The average Bonchev–Trinajstić information content (AvgIpc) is 2.36. The molecular weight excluding hydrogens is 244 g/mol. The maximum atomic E-state index is 11.6. The second-order valence-corrected chi connectivity index (χ2v) is 5.06.